The second-order valence-electron chi connectivity index (χ2n) is 3.28. The monoisotopic (exact) mass is 248 g/mol. The summed E-state index contributed by atoms with van der Waals surface area (Å²) in [5, 5.41) is 0. The van der Waals surface area contributed by atoms with Gasteiger partial charge in [0.05, 0.1) is 5.88 Å². The largest absolute Gasteiger partial charge is 0.435 e. The Morgan fingerprint density at radius 1 is 1.50 bits per heavy atom. The van der Waals surface area contributed by atoms with E-state index in [-0.39, 0.29) is 23.8 Å². The molecule has 0 radical (unpaired) electrons. The Bertz CT molecular complexity index is 380. The summed E-state index contributed by atoms with van der Waals surface area (Å²) < 4.78 is 28.6. The van der Waals surface area contributed by atoms with Gasteiger partial charge in [-0.15, -0.1) is 11.6 Å². The van der Waals surface area contributed by atoms with E-state index in [4.69, 9.17) is 11.6 Å². The van der Waals surface area contributed by atoms with Crippen molar-refractivity contribution in [3.63, 3.8) is 0 Å². The van der Waals surface area contributed by atoms with Crippen molar-refractivity contribution in [3.8, 4) is 5.75 Å². The molecule has 0 aliphatic heterocycles. The summed E-state index contributed by atoms with van der Waals surface area (Å²) in [4.78, 5) is 11.2. The van der Waals surface area contributed by atoms with Crippen LogP contribution in [0.5, 0.6) is 5.75 Å². The molecule has 88 valence electrons. The maximum absolute atomic E-state index is 12.1. The molecule has 0 atom stereocenters. The van der Waals surface area contributed by atoms with Crippen LogP contribution in [0, 0.1) is 6.92 Å². The molecule has 0 aromatic heterocycles. The van der Waals surface area contributed by atoms with Crippen LogP contribution in [-0.2, 0) is 11.2 Å². The van der Waals surface area contributed by atoms with Gasteiger partial charge in [-0.1, -0.05) is 12.1 Å². The summed E-state index contributed by atoms with van der Waals surface area (Å²) in [7, 11) is 0. The molecule has 1 aromatic carbocycles. The SMILES string of the molecule is Cc1cccc(OC(F)F)c1CC(=O)CCl. The molecule has 0 amide bonds. The number of rotatable bonds is 5. The smallest absolute Gasteiger partial charge is 0.387 e. The molecule has 1 aromatic rings. The average Bonchev–Trinajstić information content (AvgIpc) is 2.22. The Morgan fingerprint density at radius 3 is 2.75 bits per heavy atom. The third-order valence-corrected chi connectivity index (χ3v) is 2.40. The zero-order chi connectivity index (χ0) is 12.1. The van der Waals surface area contributed by atoms with Crippen molar-refractivity contribution in [3.05, 3.63) is 29.3 Å². The highest BCUT2D eigenvalue weighted by Crippen LogP contribution is 2.24. The first-order valence-corrected chi connectivity index (χ1v) is 5.19. The third-order valence-electron chi connectivity index (χ3n) is 2.11. The lowest BCUT2D eigenvalue weighted by Gasteiger charge is -2.12. The number of carbonyl (C=O) groups excluding carboxylic acids is 1. The van der Waals surface area contributed by atoms with E-state index in [0.717, 1.165) is 5.56 Å². The summed E-state index contributed by atoms with van der Waals surface area (Å²) in [5.41, 5.74) is 1.20. The molecule has 0 bridgehead atoms. The van der Waals surface area contributed by atoms with Crippen molar-refractivity contribution in [2.75, 3.05) is 5.88 Å². The lowest BCUT2D eigenvalue weighted by Crippen LogP contribution is -2.10. The number of hydrogen-bond acceptors (Lipinski definition) is 2. The highest BCUT2D eigenvalue weighted by molar-refractivity contribution is 6.27. The molecule has 0 fully saturated rings. The molecule has 2 nitrogen and oxygen atoms in total. The molecule has 0 spiro atoms. The van der Waals surface area contributed by atoms with Gasteiger partial charge in [-0.05, 0) is 18.6 Å². The van der Waals surface area contributed by atoms with Crippen LogP contribution in [0.2, 0.25) is 0 Å². The van der Waals surface area contributed by atoms with E-state index in [1.165, 1.54) is 6.07 Å². The summed E-state index contributed by atoms with van der Waals surface area (Å²) >= 11 is 5.37. The second-order valence-corrected chi connectivity index (χ2v) is 3.55. The van der Waals surface area contributed by atoms with Crippen molar-refractivity contribution in [1.82, 2.24) is 0 Å². The highest BCUT2D eigenvalue weighted by Gasteiger charge is 2.14. The van der Waals surface area contributed by atoms with Gasteiger partial charge in [-0.2, -0.15) is 8.78 Å². The molecular formula is C11H11ClF2O2. The van der Waals surface area contributed by atoms with E-state index in [1.54, 1.807) is 19.1 Å². The third kappa shape index (κ3) is 3.45. The molecule has 16 heavy (non-hydrogen) atoms. The Labute approximate surface area is 97.2 Å². The van der Waals surface area contributed by atoms with E-state index in [9.17, 15) is 13.6 Å². The van der Waals surface area contributed by atoms with Gasteiger partial charge in [-0.25, -0.2) is 0 Å². The summed E-state index contributed by atoms with van der Waals surface area (Å²) in [5.74, 6) is -0.328. The van der Waals surface area contributed by atoms with Gasteiger partial charge in [0, 0.05) is 12.0 Å². The minimum absolute atomic E-state index is 0.0121. The molecule has 0 aliphatic carbocycles. The van der Waals surface area contributed by atoms with Crippen LogP contribution in [0.1, 0.15) is 11.1 Å². The van der Waals surface area contributed by atoms with Crippen molar-refractivity contribution >= 4 is 17.4 Å². The second kappa shape index (κ2) is 5.80. The van der Waals surface area contributed by atoms with Crippen molar-refractivity contribution in [2.24, 2.45) is 0 Å². The maximum atomic E-state index is 12.1. The maximum Gasteiger partial charge on any atom is 0.387 e. The first kappa shape index (κ1) is 12.9. The van der Waals surface area contributed by atoms with E-state index in [1.807, 2.05) is 0 Å². The zero-order valence-electron chi connectivity index (χ0n) is 8.67. The van der Waals surface area contributed by atoms with Gasteiger partial charge < -0.3 is 4.74 Å². The first-order chi connectivity index (χ1) is 7.54. The number of ether oxygens (including phenoxy) is 1. The molecule has 0 aliphatic rings. The Hall–Kier alpha value is -1.16. The van der Waals surface area contributed by atoms with Gasteiger partial charge in [0.1, 0.15) is 5.75 Å². The van der Waals surface area contributed by atoms with Gasteiger partial charge >= 0.3 is 6.61 Å². The molecule has 0 unspecified atom stereocenters. The van der Waals surface area contributed by atoms with Crippen LogP contribution < -0.4 is 4.74 Å². The van der Waals surface area contributed by atoms with Crippen LogP contribution in [0.4, 0.5) is 8.78 Å². The van der Waals surface area contributed by atoms with E-state index in [2.05, 4.69) is 4.74 Å². The van der Waals surface area contributed by atoms with Gasteiger partial charge in [-0.3, -0.25) is 4.79 Å². The standard InChI is InChI=1S/C11H11ClF2O2/c1-7-3-2-4-10(16-11(13)14)9(7)5-8(15)6-12/h2-4,11H,5-6H2,1H3. The number of hydrogen-bond donors (Lipinski definition) is 0. The lowest BCUT2D eigenvalue weighted by atomic mass is 10.0. The number of benzene rings is 1. The number of ketones is 1. The number of carbonyl (C=O) groups is 1. The predicted molar refractivity (Wildman–Crippen MR) is 57.2 cm³/mol. The fraction of sp³-hybridized carbons (Fsp3) is 0.364. The van der Waals surface area contributed by atoms with Gasteiger partial charge in [0.25, 0.3) is 0 Å². The van der Waals surface area contributed by atoms with Gasteiger partial charge in [0.2, 0.25) is 0 Å². The summed E-state index contributed by atoms with van der Waals surface area (Å²) in [6.07, 6.45) is 0.0121. The fourth-order valence-corrected chi connectivity index (χ4v) is 1.45. The van der Waals surface area contributed by atoms with Gasteiger partial charge in [0.15, 0.2) is 5.78 Å². The molecular weight excluding hydrogens is 238 g/mol. The molecule has 0 heterocycles. The minimum Gasteiger partial charge on any atom is -0.435 e. The molecule has 0 N–H and O–H groups in total. The Balaban J connectivity index is 2.98. The number of Topliss-reactive ketones (excluding diaryl/α,β-unsaturated/α-hetero) is 1. The molecule has 5 heteroatoms. The highest BCUT2D eigenvalue weighted by atomic mass is 35.5. The summed E-state index contributed by atoms with van der Waals surface area (Å²) in [6.45, 7) is -1.17. The Morgan fingerprint density at radius 2 is 2.19 bits per heavy atom. The normalized spacial score (nSPS) is 10.6. The Kier molecular flexibility index (Phi) is 4.68. The van der Waals surface area contributed by atoms with Crippen LogP contribution >= 0.6 is 11.6 Å². The first-order valence-electron chi connectivity index (χ1n) is 4.65. The number of aryl methyl sites for hydroxylation is 1. The van der Waals surface area contributed by atoms with Crippen LogP contribution in [0.3, 0.4) is 0 Å². The van der Waals surface area contributed by atoms with E-state index < -0.39 is 6.61 Å². The zero-order valence-corrected chi connectivity index (χ0v) is 9.43. The van der Waals surface area contributed by atoms with Crippen molar-refractivity contribution in [2.45, 2.75) is 20.0 Å². The molecule has 1 rings (SSSR count). The topological polar surface area (TPSA) is 26.3 Å². The predicted octanol–water partition coefficient (Wildman–Crippen LogP) is 2.95. The van der Waals surface area contributed by atoms with Crippen LogP contribution in [-0.4, -0.2) is 18.3 Å². The quantitative estimate of drug-likeness (QED) is 0.749. The van der Waals surface area contributed by atoms with Crippen molar-refractivity contribution in [1.29, 1.82) is 0 Å². The van der Waals surface area contributed by atoms with Crippen LogP contribution in [0.15, 0.2) is 18.2 Å². The molecule has 0 saturated heterocycles. The van der Waals surface area contributed by atoms with E-state index in [0.29, 0.717) is 5.56 Å². The van der Waals surface area contributed by atoms with E-state index >= 15 is 0 Å². The minimum atomic E-state index is -2.90. The number of alkyl halides is 3. The molecule has 0 saturated carbocycles. The lowest BCUT2D eigenvalue weighted by molar-refractivity contribution is -0.116. The fourth-order valence-electron chi connectivity index (χ4n) is 1.35. The van der Waals surface area contributed by atoms with Crippen molar-refractivity contribution < 1.29 is 18.3 Å². The number of halogens is 3. The summed E-state index contributed by atoms with van der Waals surface area (Å²) in [6, 6.07) is 4.74. The van der Waals surface area contributed by atoms with Crippen LogP contribution in [0.25, 0.3) is 0 Å². The average molecular weight is 249 g/mol.